The van der Waals surface area contributed by atoms with Crippen LogP contribution in [0.4, 0.5) is 5.82 Å². The molecule has 0 aliphatic carbocycles. The Kier molecular flexibility index (Phi) is 3.90. The van der Waals surface area contributed by atoms with Crippen molar-refractivity contribution in [3.8, 4) is 0 Å². The van der Waals surface area contributed by atoms with Crippen LogP contribution in [0.1, 0.15) is 23.5 Å². The Balaban J connectivity index is 1.67. The van der Waals surface area contributed by atoms with Gasteiger partial charge < -0.3 is 5.73 Å². The molecule has 1 aromatic heterocycles. The smallest absolute Gasteiger partial charge is 0.127 e. The maximum absolute atomic E-state index is 6.07. The van der Waals surface area contributed by atoms with Gasteiger partial charge in [-0.3, -0.25) is 4.90 Å². The third-order valence-electron chi connectivity index (χ3n) is 3.91. The second kappa shape index (κ2) is 5.81. The van der Waals surface area contributed by atoms with Crippen LogP contribution in [0, 0.1) is 0 Å². The zero-order chi connectivity index (χ0) is 13.9. The van der Waals surface area contributed by atoms with Crippen molar-refractivity contribution >= 4 is 17.4 Å². The molecule has 1 fully saturated rings. The van der Waals surface area contributed by atoms with Gasteiger partial charge in [-0.25, -0.2) is 4.98 Å². The van der Waals surface area contributed by atoms with Gasteiger partial charge in [-0.1, -0.05) is 29.8 Å². The first-order valence-corrected chi connectivity index (χ1v) is 7.27. The number of nitrogens with two attached hydrogens (primary N) is 1. The summed E-state index contributed by atoms with van der Waals surface area (Å²) in [6.07, 6.45) is 2.90. The van der Waals surface area contributed by atoms with E-state index >= 15 is 0 Å². The summed E-state index contributed by atoms with van der Waals surface area (Å²) in [5.74, 6) is 1.20. The first kappa shape index (κ1) is 13.4. The molecule has 0 saturated carbocycles. The van der Waals surface area contributed by atoms with Gasteiger partial charge >= 0.3 is 0 Å². The summed E-state index contributed by atoms with van der Waals surface area (Å²) >= 11 is 6.07. The highest BCUT2D eigenvalue weighted by molar-refractivity contribution is 6.30. The lowest BCUT2D eigenvalue weighted by Crippen LogP contribution is -2.20. The highest BCUT2D eigenvalue weighted by atomic mass is 35.5. The standard InChI is InChI=1S/C16H18ClN3/c17-15-5-1-3-12(9-15)13-6-8-20(10-13)11-14-4-2-7-19-16(14)18/h1-5,7,9,13H,6,8,10-11H2,(H2,18,19)/t13-/m1/s1. The molecule has 0 bridgehead atoms. The molecule has 0 spiro atoms. The number of anilines is 1. The molecule has 1 saturated heterocycles. The van der Waals surface area contributed by atoms with Crippen molar-refractivity contribution in [3.63, 3.8) is 0 Å². The van der Waals surface area contributed by atoms with Crippen molar-refractivity contribution in [1.82, 2.24) is 9.88 Å². The summed E-state index contributed by atoms with van der Waals surface area (Å²) in [5, 5.41) is 0.817. The minimum absolute atomic E-state index is 0.562. The van der Waals surface area contributed by atoms with Crippen molar-refractivity contribution in [2.45, 2.75) is 18.9 Å². The normalized spacial score (nSPS) is 19.4. The van der Waals surface area contributed by atoms with Crippen LogP contribution in [0.25, 0.3) is 0 Å². The zero-order valence-corrected chi connectivity index (χ0v) is 12.1. The molecule has 4 heteroatoms. The van der Waals surface area contributed by atoms with E-state index < -0.39 is 0 Å². The van der Waals surface area contributed by atoms with E-state index in [-0.39, 0.29) is 0 Å². The first-order chi connectivity index (χ1) is 9.72. The summed E-state index contributed by atoms with van der Waals surface area (Å²) < 4.78 is 0. The SMILES string of the molecule is Nc1ncccc1CN1CC[C@@H](c2cccc(Cl)c2)C1. The van der Waals surface area contributed by atoms with Crippen molar-refractivity contribution in [3.05, 3.63) is 58.7 Å². The molecule has 3 rings (SSSR count). The number of likely N-dealkylation sites (tertiary alicyclic amines) is 1. The highest BCUT2D eigenvalue weighted by Gasteiger charge is 2.24. The summed E-state index contributed by atoms with van der Waals surface area (Å²) in [5.41, 5.74) is 8.35. The Hall–Kier alpha value is -1.58. The number of aromatic nitrogens is 1. The Morgan fingerprint density at radius 1 is 1.30 bits per heavy atom. The molecule has 0 radical (unpaired) electrons. The molecular weight excluding hydrogens is 270 g/mol. The van der Waals surface area contributed by atoms with Gasteiger partial charge in [-0.2, -0.15) is 0 Å². The molecule has 0 amide bonds. The summed E-state index contributed by atoms with van der Waals surface area (Å²) in [7, 11) is 0. The molecule has 2 heterocycles. The van der Waals surface area contributed by atoms with E-state index in [1.807, 2.05) is 18.2 Å². The Morgan fingerprint density at radius 3 is 3.00 bits per heavy atom. The number of pyridine rings is 1. The van der Waals surface area contributed by atoms with E-state index in [1.54, 1.807) is 6.20 Å². The predicted octanol–water partition coefficient (Wildman–Crippen LogP) is 3.31. The van der Waals surface area contributed by atoms with Crippen LogP contribution in [0.2, 0.25) is 5.02 Å². The van der Waals surface area contributed by atoms with Gasteiger partial charge in [0.15, 0.2) is 0 Å². The molecule has 0 unspecified atom stereocenters. The number of benzene rings is 1. The lowest BCUT2D eigenvalue weighted by molar-refractivity contribution is 0.327. The fraction of sp³-hybridized carbons (Fsp3) is 0.312. The molecule has 104 valence electrons. The average Bonchev–Trinajstić information content (AvgIpc) is 2.90. The van der Waals surface area contributed by atoms with E-state index in [1.165, 1.54) is 12.0 Å². The van der Waals surface area contributed by atoms with Crippen LogP contribution >= 0.6 is 11.6 Å². The Labute approximate surface area is 124 Å². The number of rotatable bonds is 3. The highest BCUT2D eigenvalue weighted by Crippen LogP contribution is 2.29. The van der Waals surface area contributed by atoms with Gasteiger partial charge in [-0.05, 0) is 42.6 Å². The molecule has 2 N–H and O–H groups in total. The monoisotopic (exact) mass is 287 g/mol. The fourth-order valence-electron chi connectivity index (χ4n) is 2.83. The summed E-state index contributed by atoms with van der Waals surface area (Å²) in [4.78, 5) is 6.57. The quantitative estimate of drug-likeness (QED) is 0.942. The van der Waals surface area contributed by atoms with Crippen LogP contribution in [-0.4, -0.2) is 23.0 Å². The van der Waals surface area contributed by atoms with Crippen LogP contribution in [0.3, 0.4) is 0 Å². The van der Waals surface area contributed by atoms with E-state index in [0.717, 1.165) is 30.2 Å². The van der Waals surface area contributed by atoms with Crippen molar-refractivity contribution in [2.24, 2.45) is 0 Å². The second-order valence-corrected chi connectivity index (χ2v) is 5.76. The Bertz CT molecular complexity index is 600. The molecule has 3 nitrogen and oxygen atoms in total. The number of nitrogen functional groups attached to an aromatic ring is 1. The maximum Gasteiger partial charge on any atom is 0.127 e. The van der Waals surface area contributed by atoms with Gasteiger partial charge in [0.1, 0.15) is 5.82 Å². The lowest BCUT2D eigenvalue weighted by Gasteiger charge is -2.17. The van der Waals surface area contributed by atoms with Crippen LogP contribution in [0.5, 0.6) is 0 Å². The summed E-state index contributed by atoms with van der Waals surface area (Å²) in [6.45, 7) is 3.01. The molecule has 1 aromatic carbocycles. The fourth-order valence-corrected chi connectivity index (χ4v) is 3.03. The average molecular weight is 288 g/mol. The van der Waals surface area contributed by atoms with Gasteiger partial charge in [0.05, 0.1) is 0 Å². The second-order valence-electron chi connectivity index (χ2n) is 5.32. The van der Waals surface area contributed by atoms with Crippen molar-refractivity contribution in [2.75, 3.05) is 18.8 Å². The Morgan fingerprint density at radius 2 is 2.20 bits per heavy atom. The van der Waals surface area contributed by atoms with E-state index in [9.17, 15) is 0 Å². The van der Waals surface area contributed by atoms with Gasteiger partial charge in [0.25, 0.3) is 0 Å². The predicted molar refractivity (Wildman–Crippen MR) is 82.7 cm³/mol. The van der Waals surface area contributed by atoms with Crippen molar-refractivity contribution in [1.29, 1.82) is 0 Å². The zero-order valence-electron chi connectivity index (χ0n) is 11.3. The third-order valence-corrected chi connectivity index (χ3v) is 4.15. The maximum atomic E-state index is 6.07. The lowest BCUT2D eigenvalue weighted by atomic mass is 9.99. The minimum atomic E-state index is 0.562. The minimum Gasteiger partial charge on any atom is -0.383 e. The molecule has 1 aliphatic rings. The van der Waals surface area contributed by atoms with Crippen LogP contribution in [0.15, 0.2) is 42.6 Å². The number of hydrogen-bond acceptors (Lipinski definition) is 3. The third kappa shape index (κ3) is 2.94. The summed E-state index contributed by atoms with van der Waals surface area (Å²) in [6, 6.07) is 12.2. The van der Waals surface area contributed by atoms with Crippen molar-refractivity contribution < 1.29 is 0 Å². The largest absolute Gasteiger partial charge is 0.383 e. The van der Waals surface area contributed by atoms with Gasteiger partial charge in [0.2, 0.25) is 0 Å². The molecular formula is C16H18ClN3. The molecule has 20 heavy (non-hydrogen) atoms. The molecule has 1 atom stereocenters. The van der Waals surface area contributed by atoms with Crippen LogP contribution in [-0.2, 0) is 6.54 Å². The van der Waals surface area contributed by atoms with E-state index in [2.05, 4.69) is 28.1 Å². The van der Waals surface area contributed by atoms with E-state index in [4.69, 9.17) is 17.3 Å². The number of nitrogens with zero attached hydrogens (tertiary/aromatic N) is 2. The van der Waals surface area contributed by atoms with E-state index in [0.29, 0.717) is 11.7 Å². The molecule has 1 aliphatic heterocycles. The first-order valence-electron chi connectivity index (χ1n) is 6.89. The van der Waals surface area contributed by atoms with Gasteiger partial charge in [0, 0.05) is 29.9 Å². The topological polar surface area (TPSA) is 42.1 Å². The number of halogens is 1. The van der Waals surface area contributed by atoms with Crippen LogP contribution < -0.4 is 5.73 Å². The number of hydrogen-bond donors (Lipinski definition) is 1. The van der Waals surface area contributed by atoms with Gasteiger partial charge in [-0.15, -0.1) is 0 Å². The molecule has 2 aromatic rings.